The first-order valence-corrected chi connectivity index (χ1v) is 7.36. The molecule has 0 spiro atoms. The molecule has 1 aliphatic heterocycles. The summed E-state index contributed by atoms with van der Waals surface area (Å²) in [5.41, 5.74) is 1.14. The second kappa shape index (κ2) is 6.74. The molecule has 0 aromatic heterocycles. The van der Waals surface area contributed by atoms with E-state index in [9.17, 15) is 9.59 Å². The standard InChI is InChI=1S/C14H17BrN2O3/c15-12-4-2-1-3-10(12)5-7-16-14(20)17-8-6-11(9-17)13(18)19/h1-4,11H,5-9H2,(H,16,20)(H,18,19). The lowest BCUT2D eigenvalue weighted by Gasteiger charge is -2.16. The van der Waals surface area contributed by atoms with Gasteiger partial charge in [-0.1, -0.05) is 34.1 Å². The summed E-state index contributed by atoms with van der Waals surface area (Å²) in [4.78, 5) is 24.3. The van der Waals surface area contributed by atoms with Gasteiger partial charge in [-0.3, -0.25) is 4.79 Å². The van der Waals surface area contributed by atoms with Gasteiger partial charge in [-0.25, -0.2) is 4.79 Å². The van der Waals surface area contributed by atoms with E-state index in [0.29, 0.717) is 26.1 Å². The molecule has 5 nitrogen and oxygen atoms in total. The van der Waals surface area contributed by atoms with Crippen molar-refractivity contribution in [1.29, 1.82) is 0 Å². The van der Waals surface area contributed by atoms with Crippen LogP contribution >= 0.6 is 15.9 Å². The number of nitrogens with zero attached hydrogens (tertiary/aromatic N) is 1. The van der Waals surface area contributed by atoms with Gasteiger partial charge in [-0.05, 0) is 24.5 Å². The highest BCUT2D eigenvalue weighted by molar-refractivity contribution is 9.10. The van der Waals surface area contributed by atoms with E-state index in [4.69, 9.17) is 5.11 Å². The van der Waals surface area contributed by atoms with Gasteiger partial charge < -0.3 is 15.3 Å². The molecule has 2 N–H and O–H groups in total. The number of nitrogens with one attached hydrogen (secondary N) is 1. The van der Waals surface area contributed by atoms with Crippen molar-refractivity contribution in [1.82, 2.24) is 10.2 Å². The molecule has 1 aliphatic rings. The van der Waals surface area contributed by atoms with Crippen molar-refractivity contribution in [3.8, 4) is 0 Å². The van der Waals surface area contributed by atoms with Crippen LogP contribution in [-0.4, -0.2) is 41.6 Å². The summed E-state index contributed by atoms with van der Waals surface area (Å²) >= 11 is 3.47. The van der Waals surface area contributed by atoms with Gasteiger partial charge in [-0.2, -0.15) is 0 Å². The second-order valence-corrected chi connectivity index (χ2v) is 5.70. The third-order valence-electron chi connectivity index (χ3n) is 3.45. The highest BCUT2D eigenvalue weighted by Gasteiger charge is 2.30. The molecule has 1 unspecified atom stereocenters. The number of urea groups is 1. The number of carbonyl (C=O) groups excluding carboxylic acids is 1. The predicted molar refractivity (Wildman–Crippen MR) is 78.6 cm³/mol. The van der Waals surface area contributed by atoms with Crippen LogP contribution in [0, 0.1) is 5.92 Å². The van der Waals surface area contributed by atoms with E-state index in [1.54, 1.807) is 4.90 Å². The third-order valence-corrected chi connectivity index (χ3v) is 4.23. The van der Waals surface area contributed by atoms with Gasteiger partial charge in [0.1, 0.15) is 0 Å². The fourth-order valence-electron chi connectivity index (χ4n) is 2.26. The number of hydrogen-bond donors (Lipinski definition) is 2. The van der Waals surface area contributed by atoms with Crippen molar-refractivity contribution in [2.75, 3.05) is 19.6 Å². The topological polar surface area (TPSA) is 69.6 Å². The van der Waals surface area contributed by atoms with E-state index in [-0.39, 0.29) is 6.03 Å². The van der Waals surface area contributed by atoms with Gasteiger partial charge in [0, 0.05) is 24.1 Å². The van der Waals surface area contributed by atoms with Gasteiger partial charge >= 0.3 is 12.0 Å². The molecule has 0 bridgehead atoms. The number of carboxylic acids is 1. The zero-order valence-corrected chi connectivity index (χ0v) is 12.6. The first-order chi connectivity index (χ1) is 9.58. The number of halogens is 1. The molecular weight excluding hydrogens is 324 g/mol. The Kier molecular flexibility index (Phi) is 5.00. The number of rotatable bonds is 4. The Balaban J connectivity index is 1.76. The second-order valence-electron chi connectivity index (χ2n) is 4.84. The highest BCUT2D eigenvalue weighted by Crippen LogP contribution is 2.17. The maximum Gasteiger partial charge on any atom is 0.317 e. The van der Waals surface area contributed by atoms with Crippen molar-refractivity contribution < 1.29 is 14.7 Å². The molecule has 6 heteroatoms. The first kappa shape index (κ1) is 14.8. The minimum atomic E-state index is -0.825. The normalized spacial score (nSPS) is 18.1. The lowest BCUT2D eigenvalue weighted by molar-refractivity contribution is -0.141. The molecule has 108 valence electrons. The summed E-state index contributed by atoms with van der Waals surface area (Å²) in [7, 11) is 0. The molecule has 20 heavy (non-hydrogen) atoms. The van der Waals surface area contributed by atoms with Crippen molar-refractivity contribution in [3.63, 3.8) is 0 Å². The van der Waals surface area contributed by atoms with Crippen LogP contribution in [0.4, 0.5) is 4.79 Å². The molecule has 1 atom stereocenters. The Labute approximate surface area is 126 Å². The minimum Gasteiger partial charge on any atom is -0.481 e. The zero-order chi connectivity index (χ0) is 14.5. The van der Waals surface area contributed by atoms with E-state index in [2.05, 4.69) is 21.2 Å². The van der Waals surface area contributed by atoms with Crippen molar-refractivity contribution in [3.05, 3.63) is 34.3 Å². The van der Waals surface area contributed by atoms with E-state index in [0.717, 1.165) is 16.5 Å². The molecule has 0 saturated carbocycles. The number of likely N-dealkylation sites (tertiary alicyclic amines) is 1. The lowest BCUT2D eigenvalue weighted by Crippen LogP contribution is -2.39. The number of hydrogen-bond acceptors (Lipinski definition) is 2. The first-order valence-electron chi connectivity index (χ1n) is 6.57. The molecule has 1 aromatic rings. The number of carboxylic acid groups (broad SMARTS) is 1. The van der Waals surface area contributed by atoms with Crippen LogP contribution < -0.4 is 5.32 Å². The number of aliphatic carboxylic acids is 1. The van der Waals surface area contributed by atoms with Crippen LogP contribution in [-0.2, 0) is 11.2 Å². The molecule has 1 saturated heterocycles. The predicted octanol–water partition coefficient (Wildman–Crippen LogP) is 2.11. The summed E-state index contributed by atoms with van der Waals surface area (Å²) < 4.78 is 1.03. The van der Waals surface area contributed by atoms with Crippen LogP contribution in [0.25, 0.3) is 0 Å². The van der Waals surface area contributed by atoms with Crippen molar-refractivity contribution in [2.45, 2.75) is 12.8 Å². The SMILES string of the molecule is O=C(O)C1CCN(C(=O)NCCc2ccccc2Br)C1. The van der Waals surface area contributed by atoms with E-state index in [1.807, 2.05) is 24.3 Å². The van der Waals surface area contributed by atoms with E-state index in [1.165, 1.54) is 0 Å². The van der Waals surface area contributed by atoms with E-state index < -0.39 is 11.9 Å². The molecule has 0 radical (unpaired) electrons. The Morgan fingerprint density at radius 1 is 1.40 bits per heavy atom. The minimum absolute atomic E-state index is 0.180. The Morgan fingerprint density at radius 3 is 2.80 bits per heavy atom. The summed E-state index contributed by atoms with van der Waals surface area (Å²) in [6.07, 6.45) is 1.27. The summed E-state index contributed by atoms with van der Waals surface area (Å²) in [5, 5.41) is 11.7. The number of carbonyl (C=O) groups is 2. The van der Waals surface area contributed by atoms with Gasteiger partial charge in [0.05, 0.1) is 5.92 Å². The average Bonchev–Trinajstić information content (AvgIpc) is 2.91. The Hall–Kier alpha value is -1.56. The quantitative estimate of drug-likeness (QED) is 0.881. The zero-order valence-electron chi connectivity index (χ0n) is 11.0. The van der Waals surface area contributed by atoms with Crippen molar-refractivity contribution in [2.24, 2.45) is 5.92 Å². The molecule has 1 fully saturated rings. The molecule has 2 rings (SSSR count). The van der Waals surface area contributed by atoms with Gasteiger partial charge in [-0.15, -0.1) is 0 Å². The fourth-order valence-corrected chi connectivity index (χ4v) is 2.75. The summed E-state index contributed by atoms with van der Waals surface area (Å²) in [5.74, 6) is -1.25. The van der Waals surface area contributed by atoms with Gasteiger partial charge in [0.2, 0.25) is 0 Å². The maximum atomic E-state index is 11.9. The lowest BCUT2D eigenvalue weighted by atomic mass is 10.1. The molecule has 2 amide bonds. The number of benzene rings is 1. The van der Waals surface area contributed by atoms with Crippen LogP contribution in [0.2, 0.25) is 0 Å². The summed E-state index contributed by atoms with van der Waals surface area (Å²) in [6.45, 7) is 1.35. The van der Waals surface area contributed by atoms with Crippen LogP contribution in [0.5, 0.6) is 0 Å². The Morgan fingerprint density at radius 2 is 2.15 bits per heavy atom. The molecule has 1 heterocycles. The highest BCUT2D eigenvalue weighted by atomic mass is 79.9. The van der Waals surface area contributed by atoms with Gasteiger partial charge in [0.15, 0.2) is 0 Å². The molecule has 1 aromatic carbocycles. The maximum absolute atomic E-state index is 11.9. The number of amides is 2. The third kappa shape index (κ3) is 3.72. The Bertz CT molecular complexity index is 507. The molecule has 0 aliphatic carbocycles. The molecular formula is C14H17BrN2O3. The largest absolute Gasteiger partial charge is 0.481 e. The van der Waals surface area contributed by atoms with Crippen LogP contribution in [0.1, 0.15) is 12.0 Å². The average molecular weight is 341 g/mol. The van der Waals surface area contributed by atoms with E-state index >= 15 is 0 Å². The van der Waals surface area contributed by atoms with Crippen molar-refractivity contribution >= 4 is 27.9 Å². The van der Waals surface area contributed by atoms with Crippen LogP contribution in [0.15, 0.2) is 28.7 Å². The smallest absolute Gasteiger partial charge is 0.317 e. The summed E-state index contributed by atoms with van der Waals surface area (Å²) in [6, 6.07) is 7.70. The van der Waals surface area contributed by atoms with Crippen LogP contribution in [0.3, 0.4) is 0 Å². The van der Waals surface area contributed by atoms with Gasteiger partial charge in [0.25, 0.3) is 0 Å². The fraction of sp³-hybridized carbons (Fsp3) is 0.429. The monoisotopic (exact) mass is 340 g/mol.